The van der Waals surface area contributed by atoms with E-state index in [2.05, 4.69) is 36.3 Å². The summed E-state index contributed by atoms with van der Waals surface area (Å²) in [4.78, 5) is 4.80. The zero-order valence-electron chi connectivity index (χ0n) is 12.0. The van der Waals surface area contributed by atoms with E-state index in [1.54, 1.807) is 0 Å². The van der Waals surface area contributed by atoms with Crippen molar-refractivity contribution in [3.63, 3.8) is 0 Å². The standard InChI is InChI=1S/C15H21NO2Si/c1-18-16-14(12-13-8-6-5-7-9-13)15(17)10-11-19(2,3)4/h5-9,15,17H,12H2,1-4H3. The Morgan fingerprint density at radius 1 is 1.32 bits per heavy atom. The summed E-state index contributed by atoms with van der Waals surface area (Å²) in [5.41, 5.74) is 4.77. The average molecular weight is 275 g/mol. The summed E-state index contributed by atoms with van der Waals surface area (Å²) in [7, 11) is -0.0219. The smallest absolute Gasteiger partial charge is 0.156 e. The van der Waals surface area contributed by atoms with E-state index in [0.29, 0.717) is 12.1 Å². The Hall–Kier alpha value is -1.57. The van der Waals surface area contributed by atoms with Crippen LogP contribution in [0.5, 0.6) is 0 Å². The molecule has 0 aromatic heterocycles. The Morgan fingerprint density at radius 3 is 2.47 bits per heavy atom. The molecular weight excluding hydrogens is 254 g/mol. The second kappa shape index (κ2) is 7.12. The lowest BCUT2D eigenvalue weighted by atomic mass is 10.1. The first-order valence-electron chi connectivity index (χ1n) is 6.27. The monoisotopic (exact) mass is 275 g/mol. The molecule has 0 saturated carbocycles. The molecule has 4 heteroatoms. The SMILES string of the molecule is CON=C(Cc1ccccc1)C(O)C#C[Si](C)(C)C. The highest BCUT2D eigenvalue weighted by Crippen LogP contribution is 2.05. The highest BCUT2D eigenvalue weighted by atomic mass is 28.3. The molecule has 102 valence electrons. The molecule has 1 N–H and O–H groups in total. The molecule has 0 amide bonds. The molecule has 0 aliphatic rings. The Balaban J connectivity index is 2.83. The van der Waals surface area contributed by atoms with E-state index in [1.165, 1.54) is 7.11 Å². The summed E-state index contributed by atoms with van der Waals surface area (Å²) in [5, 5.41) is 14.0. The van der Waals surface area contributed by atoms with Crippen molar-refractivity contribution in [2.24, 2.45) is 5.16 Å². The van der Waals surface area contributed by atoms with Crippen LogP contribution in [0.3, 0.4) is 0 Å². The van der Waals surface area contributed by atoms with Gasteiger partial charge in [0.2, 0.25) is 0 Å². The van der Waals surface area contributed by atoms with E-state index in [4.69, 9.17) is 4.84 Å². The molecule has 0 bridgehead atoms. The van der Waals surface area contributed by atoms with Crippen LogP contribution in [0.4, 0.5) is 0 Å². The third-order valence-corrected chi connectivity index (χ3v) is 3.23. The van der Waals surface area contributed by atoms with E-state index in [1.807, 2.05) is 30.3 Å². The maximum atomic E-state index is 10.1. The minimum Gasteiger partial charge on any atom is -0.399 e. The van der Waals surface area contributed by atoms with Crippen molar-refractivity contribution < 1.29 is 9.94 Å². The van der Waals surface area contributed by atoms with Gasteiger partial charge >= 0.3 is 0 Å². The van der Waals surface area contributed by atoms with Gasteiger partial charge in [-0.2, -0.15) is 0 Å². The van der Waals surface area contributed by atoms with E-state index < -0.39 is 14.2 Å². The molecule has 0 saturated heterocycles. The number of aliphatic hydroxyl groups is 1. The van der Waals surface area contributed by atoms with Crippen LogP contribution in [0.2, 0.25) is 19.6 Å². The Labute approximate surface area is 116 Å². The molecule has 0 spiro atoms. The van der Waals surface area contributed by atoms with E-state index >= 15 is 0 Å². The van der Waals surface area contributed by atoms with Gasteiger partial charge in [0.1, 0.15) is 20.9 Å². The lowest BCUT2D eigenvalue weighted by molar-refractivity contribution is 0.203. The molecule has 0 aliphatic carbocycles. The lowest BCUT2D eigenvalue weighted by Gasteiger charge is -2.09. The summed E-state index contributed by atoms with van der Waals surface area (Å²) in [6.45, 7) is 6.41. The lowest BCUT2D eigenvalue weighted by Crippen LogP contribution is -2.24. The number of benzene rings is 1. The number of hydrogen-bond acceptors (Lipinski definition) is 3. The first-order valence-corrected chi connectivity index (χ1v) is 9.77. The molecule has 0 fully saturated rings. The first-order chi connectivity index (χ1) is 8.92. The number of aliphatic hydroxyl groups excluding tert-OH is 1. The second-order valence-corrected chi connectivity index (χ2v) is 10.1. The van der Waals surface area contributed by atoms with Gasteiger partial charge in [0.25, 0.3) is 0 Å². The third-order valence-electron chi connectivity index (χ3n) is 2.34. The van der Waals surface area contributed by atoms with E-state index in [0.717, 1.165) is 5.56 Å². The van der Waals surface area contributed by atoms with Gasteiger partial charge in [-0.05, 0) is 5.56 Å². The van der Waals surface area contributed by atoms with Gasteiger partial charge in [0.15, 0.2) is 6.10 Å². The minimum atomic E-state index is -1.50. The fourth-order valence-electron chi connectivity index (χ4n) is 1.47. The number of rotatable bonds is 4. The normalized spacial score (nSPS) is 13.4. The van der Waals surface area contributed by atoms with Crippen LogP contribution < -0.4 is 0 Å². The van der Waals surface area contributed by atoms with Gasteiger partial charge in [0, 0.05) is 6.42 Å². The summed E-state index contributed by atoms with van der Waals surface area (Å²) in [6.07, 6.45) is -0.331. The van der Waals surface area contributed by atoms with Gasteiger partial charge < -0.3 is 9.94 Å². The maximum absolute atomic E-state index is 10.1. The number of oxime groups is 1. The fourth-order valence-corrected chi connectivity index (χ4v) is 2.04. The maximum Gasteiger partial charge on any atom is 0.156 e. The first kappa shape index (κ1) is 15.5. The van der Waals surface area contributed by atoms with E-state index in [-0.39, 0.29) is 0 Å². The fraction of sp³-hybridized carbons (Fsp3) is 0.400. The molecule has 1 aromatic rings. The Bertz CT molecular complexity index is 480. The minimum absolute atomic E-state index is 0.538. The largest absolute Gasteiger partial charge is 0.399 e. The van der Waals surface area contributed by atoms with Gasteiger partial charge in [-0.3, -0.25) is 0 Å². The molecule has 1 aromatic carbocycles. The molecule has 0 aliphatic heterocycles. The van der Waals surface area contributed by atoms with Crippen LogP contribution in [-0.4, -0.2) is 32.1 Å². The zero-order chi connectivity index (χ0) is 14.3. The van der Waals surface area contributed by atoms with Gasteiger partial charge in [-0.25, -0.2) is 0 Å². The van der Waals surface area contributed by atoms with Crippen molar-refractivity contribution >= 4 is 13.8 Å². The van der Waals surface area contributed by atoms with Crippen LogP contribution in [-0.2, 0) is 11.3 Å². The van der Waals surface area contributed by atoms with Crippen molar-refractivity contribution in [1.29, 1.82) is 0 Å². The average Bonchev–Trinajstić information content (AvgIpc) is 2.36. The molecule has 0 radical (unpaired) electrons. The summed E-state index contributed by atoms with van der Waals surface area (Å²) >= 11 is 0. The molecule has 1 rings (SSSR count). The Kier molecular flexibility index (Phi) is 5.81. The molecule has 1 atom stereocenters. The van der Waals surface area contributed by atoms with Crippen molar-refractivity contribution in [1.82, 2.24) is 0 Å². The quantitative estimate of drug-likeness (QED) is 0.397. The van der Waals surface area contributed by atoms with Crippen LogP contribution in [0, 0.1) is 11.5 Å². The van der Waals surface area contributed by atoms with Crippen LogP contribution >= 0.6 is 0 Å². The highest BCUT2D eigenvalue weighted by Gasteiger charge is 2.14. The van der Waals surface area contributed by atoms with Crippen molar-refractivity contribution in [2.45, 2.75) is 32.2 Å². The van der Waals surface area contributed by atoms with E-state index in [9.17, 15) is 5.11 Å². The number of nitrogens with zero attached hydrogens (tertiary/aromatic N) is 1. The van der Waals surface area contributed by atoms with Crippen molar-refractivity contribution in [3.05, 3.63) is 35.9 Å². The summed E-state index contributed by atoms with van der Waals surface area (Å²) < 4.78 is 0. The predicted octanol–water partition coefficient (Wildman–Crippen LogP) is 2.47. The zero-order valence-corrected chi connectivity index (χ0v) is 13.0. The predicted molar refractivity (Wildman–Crippen MR) is 81.7 cm³/mol. The molecule has 0 heterocycles. The Morgan fingerprint density at radius 2 is 1.95 bits per heavy atom. The topological polar surface area (TPSA) is 41.8 Å². The van der Waals surface area contributed by atoms with Gasteiger partial charge in [-0.15, -0.1) is 5.54 Å². The van der Waals surface area contributed by atoms with Crippen LogP contribution in [0.25, 0.3) is 0 Å². The summed E-state index contributed by atoms with van der Waals surface area (Å²) in [5.74, 6) is 2.88. The molecular formula is C15H21NO2Si. The van der Waals surface area contributed by atoms with Crippen LogP contribution in [0.15, 0.2) is 35.5 Å². The number of hydrogen-bond donors (Lipinski definition) is 1. The molecule has 19 heavy (non-hydrogen) atoms. The third kappa shape index (κ3) is 6.23. The molecule has 3 nitrogen and oxygen atoms in total. The van der Waals surface area contributed by atoms with Crippen LogP contribution in [0.1, 0.15) is 5.56 Å². The molecule has 1 unspecified atom stereocenters. The van der Waals surface area contributed by atoms with Gasteiger partial charge in [-0.1, -0.05) is 61.0 Å². The second-order valence-electron chi connectivity index (χ2n) is 5.35. The highest BCUT2D eigenvalue weighted by molar-refractivity contribution is 6.83. The van der Waals surface area contributed by atoms with Crippen molar-refractivity contribution in [2.75, 3.05) is 7.11 Å². The van der Waals surface area contributed by atoms with Crippen molar-refractivity contribution in [3.8, 4) is 11.5 Å². The van der Waals surface area contributed by atoms with Gasteiger partial charge in [0.05, 0.1) is 0 Å². The summed E-state index contributed by atoms with van der Waals surface area (Å²) in [6, 6.07) is 9.85.